The molecular formula is C18H22BrF2IN4O. The lowest BCUT2D eigenvalue weighted by Gasteiger charge is -2.21. The van der Waals surface area contributed by atoms with Gasteiger partial charge in [-0.2, -0.15) is 0 Å². The first-order valence-corrected chi connectivity index (χ1v) is 9.26. The highest BCUT2D eigenvalue weighted by Crippen LogP contribution is 2.26. The van der Waals surface area contributed by atoms with E-state index in [0.29, 0.717) is 30.3 Å². The molecule has 1 aromatic carbocycles. The molecule has 1 aliphatic rings. The largest absolute Gasteiger partial charge is 0.454 e. The Balaban J connectivity index is 0.00000261. The molecule has 0 saturated carbocycles. The molecule has 0 spiro atoms. The number of furan rings is 1. The Kier molecular flexibility index (Phi) is 8.33. The van der Waals surface area contributed by atoms with Gasteiger partial charge in [0.25, 0.3) is 0 Å². The summed E-state index contributed by atoms with van der Waals surface area (Å²) in [6, 6.07) is 7.79. The molecule has 2 N–H and O–H groups in total. The number of halogens is 4. The van der Waals surface area contributed by atoms with Crippen molar-refractivity contribution in [3.05, 3.63) is 52.4 Å². The van der Waals surface area contributed by atoms with E-state index in [9.17, 15) is 8.78 Å². The fourth-order valence-electron chi connectivity index (χ4n) is 3.05. The van der Waals surface area contributed by atoms with Crippen LogP contribution in [0.25, 0.3) is 0 Å². The Morgan fingerprint density at radius 3 is 2.67 bits per heavy atom. The minimum Gasteiger partial charge on any atom is -0.454 e. The SMILES string of the molecule is CN=C(NCCc1ccc(Br)o1)NC1CCN(c2c(F)cccc2F)C1.I. The van der Waals surface area contributed by atoms with E-state index in [0.717, 1.165) is 18.6 Å². The average Bonchev–Trinajstić information content (AvgIpc) is 3.23. The van der Waals surface area contributed by atoms with Gasteiger partial charge in [0, 0.05) is 39.1 Å². The third-order valence-electron chi connectivity index (χ3n) is 4.30. The number of nitrogens with one attached hydrogen (secondary N) is 2. The molecule has 2 aromatic rings. The van der Waals surface area contributed by atoms with Gasteiger partial charge in [-0.25, -0.2) is 8.78 Å². The van der Waals surface area contributed by atoms with Crippen molar-refractivity contribution in [2.45, 2.75) is 18.9 Å². The molecule has 1 atom stereocenters. The fraction of sp³-hybridized carbons (Fsp3) is 0.389. The summed E-state index contributed by atoms with van der Waals surface area (Å²) in [6.07, 6.45) is 1.50. The Morgan fingerprint density at radius 1 is 1.30 bits per heavy atom. The van der Waals surface area contributed by atoms with Crippen LogP contribution in [0.2, 0.25) is 0 Å². The van der Waals surface area contributed by atoms with Gasteiger partial charge in [-0.05, 0) is 46.6 Å². The van der Waals surface area contributed by atoms with Gasteiger partial charge in [0.15, 0.2) is 10.6 Å². The molecule has 3 rings (SSSR count). The lowest BCUT2D eigenvalue weighted by molar-refractivity contribution is 0.485. The van der Waals surface area contributed by atoms with Crippen LogP contribution < -0.4 is 15.5 Å². The predicted octanol–water partition coefficient (Wildman–Crippen LogP) is 3.92. The van der Waals surface area contributed by atoms with Crippen molar-refractivity contribution < 1.29 is 13.2 Å². The van der Waals surface area contributed by atoms with Crippen LogP contribution in [0.15, 0.2) is 44.4 Å². The van der Waals surface area contributed by atoms with E-state index in [4.69, 9.17) is 4.42 Å². The number of para-hydroxylation sites is 1. The quantitative estimate of drug-likeness (QED) is 0.334. The van der Waals surface area contributed by atoms with Crippen LogP contribution in [0.3, 0.4) is 0 Å². The van der Waals surface area contributed by atoms with Crippen molar-refractivity contribution in [1.29, 1.82) is 0 Å². The van der Waals surface area contributed by atoms with Crippen molar-refractivity contribution in [2.75, 3.05) is 31.6 Å². The number of aliphatic imine (C=N–C) groups is 1. The standard InChI is InChI=1S/C18H21BrF2N4O.HI/c1-22-18(23-9-7-13-5-6-16(19)26-13)24-12-8-10-25(11-12)17-14(20)3-2-4-15(17)21;/h2-6,12H,7-11H2,1H3,(H2,22,23,24);1H. The summed E-state index contributed by atoms with van der Waals surface area (Å²) in [5, 5.41) is 6.54. The van der Waals surface area contributed by atoms with Gasteiger partial charge in [-0.3, -0.25) is 4.99 Å². The highest BCUT2D eigenvalue weighted by atomic mass is 127. The zero-order valence-electron chi connectivity index (χ0n) is 14.8. The van der Waals surface area contributed by atoms with E-state index in [1.165, 1.54) is 18.2 Å². The average molecular weight is 555 g/mol. The summed E-state index contributed by atoms with van der Waals surface area (Å²) >= 11 is 3.28. The molecule has 1 unspecified atom stereocenters. The highest BCUT2D eigenvalue weighted by Gasteiger charge is 2.27. The highest BCUT2D eigenvalue weighted by molar-refractivity contribution is 14.0. The summed E-state index contributed by atoms with van der Waals surface area (Å²) < 4.78 is 34.0. The van der Waals surface area contributed by atoms with Crippen LogP contribution in [0, 0.1) is 11.6 Å². The number of hydrogen-bond donors (Lipinski definition) is 2. The Hall–Kier alpha value is -1.36. The lowest BCUT2D eigenvalue weighted by Crippen LogP contribution is -2.45. The molecule has 0 bridgehead atoms. The summed E-state index contributed by atoms with van der Waals surface area (Å²) in [5.74, 6) is 0.480. The van der Waals surface area contributed by atoms with Crippen LogP contribution in [0.4, 0.5) is 14.5 Å². The fourth-order valence-corrected chi connectivity index (χ4v) is 3.39. The molecule has 9 heteroatoms. The lowest BCUT2D eigenvalue weighted by atomic mass is 10.2. The number of hydrogen-bond acceptors (Lipinski definition) is 3. The summed E-state index contributed by atoms with van der Waals surface area (Å²) in [4.78, 5) is 5.94. The number of nitrogens with zero attached hydrogens (tertiary/aromatic N) is 2. The van der Waals surface area contributed by atoms with Gasteiger partial charge in [0.1, 0.15) is 23.1 Å². The maximum atomic E-state index is 13.9. The number of guanidine groups is 1. The first kappa shape index (κ1) is 21.9. The van der Waals surface area contributed by atoms with Crippen LogP contribution >= 0.6 is 39.9 Å². The number of benzene rings is 1. The zero-order chi connectivity index (χ0) is 18.5. The number of anilines is 1. The molecular weight excluding hydrogens is 533 g/mol. The summed E-state index contributed by atoms with van der Waals surface area (Å²) in [5.41, 5.74) is 0.0446. The Morgan fingerprint density at radius 2 is 2.04 bits per heavy atom. The van der Waals surface area contributed by atoms with Crippen molar-refractivity contribution in [3.8, 4) is 0 Å². The van der Waals surface area contributed by atoms with Crippen LogP contribution in [0.5, 0.6) is 0 Å². The minimum atomic E-state index is -0.530. The van der Waals surface area contributed by atoms with E-state index in [2.05, 4.69) is 31.6 Å². The van der Waals surface area contributed by atoms with Crippen molar-refractivity contribution in [3.63, 3.8) is 0 Å². The molecule has 1 saturated heterocycles. The monoisotopic (exact) mass is 554 g/mol. The van der Waals surface area contributed by atoms with E-state index < -0.39 is 11.6 Å². The third kappa shape index (κ3) is 5.81. The van der Waals surface area contributed by atoms with Crippen molar-refractivity contribution in [2.24, 2.45) is 4.99 Å². The zero-order valence-corrected chi connectivity index (χ0v) is 18.8. The van der Waals surface area contributed by atoms with E-state index in [1.54, 1.807) is 11.9 Å². The van der Waals surface area contributed by atoms with E-state index in [1.807, 2.05) is 12.1 Å². The van der Waals surface area contributed by atoms with Crippen molar-refractivity contribution >= 4 is 51.6 Å². The van der Waals surface area contributed by atoms with Crippen LogP contribution in [-0.2, 0) is 6.42 Å². The molecule has 0 radical (unpaired) electrons. The van der Waals surface area contributed by atoms with Gasteiger partial charge in [-0.15, -0.1) is 24.0 Å². The van der Waals surface area contributed by atoms with Crippen LogP contribution in [-0.4, -0.2) is 38.7 Å². The van der Waals surface area contributed by atoms with Crippen LogP contribution in [0.1, 0.15) is 12.2 Å². The Bertz CT molecular complexity index is 766. The maximum Gasteiger partial charge on any atom is 0.191 e. The van der Waals surface area contributed by atoms with Crippen molar-refractivity contribution in [1.82, 2.24) is 10.6 Å². The summed E-state index contributed by atoms with van der Waals surface area (Å²) in [7, 11) is 1.70. The molecule has 1 aromatic heterocycles. The van der Waals surface area contributed by atoms with Gasteiger partial charge in [0.2, 0.25) is 0 Å². The molecule has 0 amide bonds. The number of rotatable bonds is 5. The molecule has 1 aliphatic heterocycles. The second kappa shape index (κ2) is 10.3. The van der Waals surface area contributed by atoms with E-state index in [-0.39, 0.29) is 35.7 Å². The summed E-state index contributed by atoms with van der Waals surface area (Å²) in [6.45, 7) is 1.77. The van der Waals surface area contributed by atoms with Gasteiger partial charge >= 0.3 is 0 Å². The van der Waals surface area contributed by atoms with E-state index >= 15 is 0 Å². The molecule has 27 heavy (non-hydrogen) atoms. The predicted molar refractivity (Wildman–Crippen MR) is 117 cm³/mol. The minimum absolute atomic E-state index is 0. The smallest absolute Gasteiger partial charge is 0.191 e. The third-order valence-corrected chi connectivity index (χ3v) is 4.73. The topological polar surface area (TPSA) is 52.8 Å². The molecule has 1 fully saturated rings. The van der Waals surface area contributed by atoms with Gasteiger partial charge < -0.3 is 20.0 Å². The Labute approximate surface area is 182 Å². The normalized spacial score (nSPS) is 17.0. The second-order valence-electron chi connectivity index (χ2n) is 6.10. The molecule has 148 valence electrons. The maximum absolute atomic E-state index is 13.9. The molecule has 0 aliphatic carbocycles. The first-order valence-electron chi connectivity index (χ1n) is 8.47. The first-order chi connectivity index (χ1) is 12.6. The van der Waals surface area contributed by atoms with Gasteiger partial charge in [0.05, 0.1) is 0 Å². The molecule has 2 heterocycles. The molecule has 5 nitrogen and oxygen atoms in total. The van der Waals surface area contributed by atoms with Gasteiger partial charge in [-0.1, -0.05) is 6.07 Å². The second-order valence-corrected chi connectivity index (χ2v) is 6.88.